The molecule has 43 heavy (non-hydrogen) atoms. The second-order valence-corrected chi connectivity index (χ2v) is 11.6. The first-order chi connectivity index (χ1) is 20.6. The number of thioether (sulfide) groups is 1. The van der Waals surface area contributed by atoms with E-state index in [0.717, 1.165) is 23.3 Å². The van der Waals surface area contributed by atoms with Crippen LogP contribution in [-0.2, 0) is 11.0 Å². The van der Waals surface area contributed by atoms with Gasteiger partial charge in [-0.25, -0.2) is 0 Å². The van der Waals surface area contributed by atoms with Crippen molar-refractivity contribution in [2.24, 2.45) is 0 Å². The first-order valence-corrected chi connectivity index (χ1v) is 15.1. The average Bonchev–Trinajstić information content (AvgIpc) is 3.43. The lowest BCUT2D eigenvalue weighted by Gasteiger charge is -2.40. The molecule has 0 bridgehead atoms. The van der Waals surface area contributed by atoms with Gasteiger partial charge in [-0.15, -0.1) is 10.2 Å². The van der Waals surface area contributed by atoms with Crippen molar-refractivity contribution in [1.82, 2.24) is 24.6 Å². The lowest BCUT2D eigenvalue weighted by molar-refractivity contribution is -0.137. The molecular formula is C32H32F3N5O2S. The van der Waals surface area contributed by atoms with Crippen LogP contribution in [0.4, 0.5) is 13.2 Å². The number of alkyl halides is 3. The molecule has 0 radical (unpaired) electrons. The number of benzene rings is 3. The van der Waals surface area contributed by atoms with Crippen molar-refractivity contribution in [3.8, 4) is 17.1 Å². The summed E-state index contributed by atoms with van der Waals surface area (Å²) in [5.41, 5.74) is 1.89. The number of carbonyl (C=O) groups excluding carboxylic acids is 2. The fourth-order valence-corrected chi connectivity index (χ4v) is 6.08. The van der Waals surface area contributed by atoms with E-state index in [1.165, 1.54) is 17.8 Å². The summed E-state index contributed by atoms with van der Waals surface area (Å²) >= 11 is 1.35. The Morgan fingerprint density at radius 2 is 1.70 bits per heavy atom. The number of aryl methyl sites for hydroxylation is 1. The van der Waals surface area contributed by atoms with Crippen molar-refractivity contribution < 1.29 is 22.8 Å². The minimum absolute atomic E-state index is 0.0137. The maximum atomic E-state index is 13.5. The Kier molecular flexibility index (Phi) is 9.19. The van der Waals surface area contributed by atoms with Gasteiger partial charge in [0.1, 0.15) is 0 Å². The van der Waals surface area contributed by atoms with Crippen molar-refractivity contribution in [3.05, 3.63) is 95.6 Å². The number of amides is 2. The standard InChI is InChI=1S/C32H32F3N5O2S/c1-22-10-6-7-15-27(22)30(42)39-18-17-38(21-23(39)2)28(41)16-9-19-43-31-37-36-29(24-11-4-3-5-12-24)40(31)26-14-8-13-25(20-26)32(33,34)35/h3-8,10-15,20,23H,9,16-19,21H2,1-2H3. The van der Waals surface area contributed by atoms with Crippen LogP contribution in [0, 0.1) is 6.92 Å². The van der Waals surface area contributed by atoms with E-state index < -0.39 is 11.7 Å². The Morgan fingerprint density at radius 1 is 0.953 bits per heavy atom. The van der Waals surface area contributed by atoms with Crippen LogP contribution < -0.4 is 0 Å². The summed E-state index contributed by atoms with van der Waals surface area (Å²) in [5, 5.41) is 9.04. The van der Waals surface area contributed by atoms with Gasteiger partial charge in [-0.1, -0.05) is 66.4 Å². The number of hydrogen-bond donors (Lipinski definition) is 0. The van der Waals surface area contributed by atoms with E-state index in [9.17, 15) is 22.8 Å². The zero-order valence-corrected chi connectivity index (χ0v) is 24.7. The van der Waals surface area contributed by atoms with Gasteiger partial charge >= 0.3 is 6.18 Å². The maximum absolute atomic E-state index is 13.5. The lowest BCUT2D eigenvalue weighted by Crippen LogP contribution is -2.55. The van der Waals surface area contributed by atoms with Crippen molar-refractivity contribution >= 4 is 23.6 Å². The minimum Gasteiger partial charge on any atom is -0.339 e. The number of piperazine rings is 1. The maximum Gasteiger partial charge on any atom is 0.416 e. The van der Waals surface area contributed by atoms with Crippen molar-refractivity contribution in [3.63, 3.8) is 0 Å². The number of hydrogen-bond acceptors (Lipinski definition) is 5. The van der Waals surface area contributed by atoms with E-state index >= 15 is 0 Å². The molecule has 1 atom stereocenters. The smallest absolute Gasteiger partial charge is 0.339 e. The molecule has 5 rings (SSSR count). The van der Waals surface area contributed by atoms with Crippen LogP contribution in [0.15, 0.2) is 84.0 Å². The van der Waals surface area contributed by atoms with Crippen LogP contribution >= 0.6 is 11.8 Å². The molecule has 1 aliphatic heterocycles. The van der Waals surface area contributed by atoms with Gasteiger partial charge in [0.25, 0.3) is 5.91 Å². The number of nitrogens with zero attached hydrogens (tertiary/aromatic N) is 5. The summed E-state index contributed by atoms with van der Waals surface area (Å²) in [7, 11) is 0. The zero-order valence-electron chi connectivity index (χ0n) is 23.9. The number of aromatic nitrogens is 3. The molecule has 0 N–H and O–H groups in total. The zero-order chi connectivity index (χ0) is 30.6. The van der Waals surface area contributed by atoms with Gasteiger partial charge in [-0.3, -0.25) is 14.2 Å². The van der Waals surface area contributed by atoms with Crippen LogP contribution in [0.5, 0.6) is 0 Å². The molecule has 1 unspecified atom stereocenters. The molecule has 0 spiro atoms. The quantitative estimate of drug-likeness (QED) is 0.169. The first-order valence-electron chi connectivity index (χ1n) is 14.1. The van der Waals surface area contributed by atoms with E-state index in [1.807, 2.05) is 73.3 Å². The minimum atomic E-state index is -4.48. The molecular weight excluding hydrogens is 575 g/mol. The SMILES string of the molecule is Cc1ccccc1C(=O)N1CCN(C(=O)CCCSc2nnc(-c3ccccc3)n2-c2cccc(C(F)(F)F)c2)CC1C. The van der Waals surface area contributed by atoms with E-state index in [-0.39, 0.29) is 17.9 Å². The fraction of sp³-hybridized carbons (Fsp3) is 0.312. The van der Waals surface area contributed by atoms with E-state index in [4.69, 9.17) is 0 Å². The number of carbonyl (C=O) groups is 2. The van der Waals surface area contributed by atoms with Crippen LogP contribution in [0.1, 0.15) is 41.3 Å². The van der Waals surface area contributed by atoms with E-state index in [1.54, 1.807) is 15.5 Å². The molecule has 1 aliphatic rings. The molecule has 224 valence electrons. The highest BCUT2D eigenvalue weighted by Crippen LogP contribution is 2.33. The summed E-state index contributed by atoms with van der Waals surface area (Å²) < 4.78 is 42.1. The highest BCUT2D eigenvalue weighted by atomic mass is 32.2. The third-order valence-electron chi connectivity index (χ3n) is 7.48. The lowest BCUT2D eigenvalue weighted by atomic mass is 10.1. The van der Waals surface area contributed by atoms with Crippen LogP contribution in [0.2, 0.25) is 0 Å². The normalized spacial score (nSPS) is 15.5. The number of rotatable bonds is 8. The molecule has 11 heteroatoms. The van der Waals surface area contributed by atoms with Gasteiger partial charge in [-0.05, 0) is 50.1 Å². The summed E-state index contributed by atoms with van der Waals surface area (Å²) in [6.45, 7) is 5.28. The molecule has 0 aliphatic carbocycles. The Labute approximate surface area is 252 Å². The first kappa shape index (κ1) is 30.3. The molecule has 3 aromatic carbocycles. The molecule has 7 nitrogen and oxygen atoms in total. The van der Waals surface area contributed by atoms with Crippen LogP contribution in [-0.4, -0.2) is 67.8 Å². The fourth-order valence-electron chi connectivity index (χ4n) is 5.19. The Hall–Kier alpha value is -4.12. The highest BCUT2D eigenvalue weighted by molar-refractivity contribution is 7.99. The predicted molar refractivity (Wildman–Crippen MR) is 160 cm³/mol. The van der Waals surface area contributed by atoms with Crippen molar-refractivity contribution in [2.45, 2.75) is 44.1 Å². The molecule has 1 aromatic heterocycles. The second-order valence-electron chi connectivity index (χ2n) is 10.5. The third kappa shape index (κ3) is 6.93. The summed E-state index contributed by atoms with van der Waals surface area (Å²) in [6, 6.07) is 21.7. The van der Waals surface area contributed by atoms with E-state index in [0.29, 0.717) is 60.5 Å². The van der Waals surface area contributed by atoms with E-state index in [2.05, 4.69) is 10.2 Å². The van der Waals surface area contributed by atoms with Gasteiger partial charge in [0, 0.05) is 49.0 Å². The molecule has 1 fully saturated rings. The second kappa shape index (κ2) is 13.0. The summed E-state index contributed by atoms with van der Waals surface area (Å²) in [6.07, 6.45) is -3.62. The van der Waals surface area contributed by atoms with Crippen molar-refractivity contribution in [1.29, 1.82) is 0 Å². The van der Waals surface area contributed by atoms with Crippen LogP contribution in [0.25, 0.3) is 17.1 Å². The third-order valence-corrected chi connectivity index (χ3v) is 8.49. The monoisotopic (exact) mass is 607 g/mol. The summed E-state index contributed by atoms with van der Waals surface area (Å²) in [5.74, 6) is 0.957. The molecule has 1 saturated heterocycles. The molecule has 2 amide bonds. The van der Waals surface area contributed by atoms with Gasteiger partial charge in [0.2, 0.25) is 5.91 Å². The Balaban J connectivity index is 1.22. The number of halogens is 3. The largest absolute Gasteiger partial charge is 0.416 e. The molecule has 2 heterocycles. The van der Waals surface area contributed by atoms with Crippen molar-refractivity contribution in [2.75, 3.05) is 25.4 Å². The topological polar surface area (TPSA) is 71.3 Å². The van der Waals surface area contributed by atoms with Gasteiger partial charge in [-0.2, -0.15) is 13.2 Å². The summed E-state index contributed by atoms with van der Waals surface area (Å²) in [4.78, 5) is 29.8. The molecule has 4 aromatic rings. The Morgan fingerprint density at radius 3 is 2.42 bits per heavy atom. The van der Waals surface area contributed by atoms with Gasteiger partial charge < -0.3 is 9.80 Å². The van der Waals surface area contributed by atoms with Gasteiger partial charge in [0.15, 0.2) is 11.0 Å². The average molecular weight is 608 g/mol. The van der Waals surface area contributed by atoms with Gasteiger partial charge in [0.05, 0.1) is 11.3 Å². The molecule has 0 saturated carbocycles. The van der Waals surface area contributed by atoms with Crippen LogP contribution in [0.3, 0.4) is 0 Å². The Bertz CT molecular complexity index is 1590. The highest BCUT2D eigenvalue weighted by Gasteiger charge is 2.32. The predicted octanol–water partition coefficient (Wildman–Crippen LogP) is 6.51.